The topological polar surface area (TPSA) is 106 Å². The zero-order chi connectivity index (χ0) is 19.1. The maximum absolute atomic E-state index is 12.1. The van der Waals surface area contributed by atoms with Crippen LogP contribution in [-0.2, 0) is 18.1 Å². The summed E-state index contributed by atoms with van der Waals surface area (Å²) in [4.78, 5) is 36.5. The van der Waals surface area contributed by atoms with Crippen LogP contribution in [0, 0.1) is 0 Å². The van der Waals surface area contributed by atoms with E-state index in [1.807, 2.05) is 20.8 Å². The lowest BCUT2D eigenvalue weighted by Crippen LogP contribution is -2.48. The fourth-order valence-electron chi connectivity index (χ4n) is 2.51. The van der Waals surface area contributed by atoms with Gasteiger partial charge in [-0.1, -0.05) is 0 Å². The Morgan fingerprint density at radius 3 is 2.04 bits per heavy atom. The molecular formula is C15H29N3O6Si. The number of nitrogens with one attached hydrogen (secondary N) is 2. The van der Waals surface area contributed by atoms with E-state index in [0.717, 1.165) is 0 Å². The molecule has 0 aromatic heterocycles. The number of hydrogen-bond acceptors (Lipinski definition) is 6. The van der Waals surface area contributed by atoms with E-state index in [4.69, 9.17) is 13.3 Å². The van der Waals surface area contributed by atoms with Crippen molar-refractivity contribution < 1.29 is 27.7 Å². The van der Waals surface area contributed by atoms with Gasteiger partial charge in [0, 0.05) is 32.4 Å². The second-order valence-corrected chi connectivity index (χ2v) is 8.75. The van der Waals surface area contributed by atoms with Crippen LogP contribution in [0.5, 0.6) is 0 Å². The molecule has 0 spiro atoms. The fraction of sp³-hybridized carbons (Fsp3) is 0.800. The summed E-state index contributed by atoms with van der Waals surface area (Å²) < 4.78 is 17.2. The summed E-state index contributed by atoms with van der Waals surface area (Å²) in [6.07, 6.45) is 0.547. The third kappa shape index (κ3) is 5.49. The second-order valence-electron chi connectivity index (χ2n) is 6.01. The SMILES string of the molecule is CCO[Si](CCCNC(=O)N1C(=O)NC(C)(C)C1=O)(OCC)OCC. The van der Waals surface area contributed by atoms with Gasteiger partial charge >= 0.3 is 20.9 Å². The molecule has 1 aliphatic heterocycles. The molecule has 0 atom stereocenters. The number of amides is 5. The molecule has 1 rings (SSSR count). The van der Waals surface area contributed by atoms with Gasteiger partial charge in [-0.25, -0.2) is 9.59 Å². The Morgan fingerprint density at radius 2 is 1.64 bits per heavy atom. The molecule has 25 heavy (non-hydrogen) atoms. The summed E-state index contributed by atoms with van der Waals surface area (Å²) in [6, 6.07) is -0.909. The van der Waals surface area contributed by atoms with Crippen molar-refractivity contribution in [3.63, 3.8) is 0 Å². The molecule has 5 amide bonds. The van der Waals surface area contributed by atoms with Gasteiger partial charge in [0.1, 0.15) is 5.54 Å². The summed E-state index contributed by atoms with van der Waals surface area (Å²) in [5, 5.41) is 5.05. The van der Waals surface area contributed by atoms with Crippen molar-refractivity contribution in [3.05, 3.63) is 0 Å². The highest BCUT2D eigenvalue weighted by Gasteiger charge is 2.47. The minimum Gasteiger partial charge on any atom is -0.374 e. The summed E-state index contributed by atoms with van der Waals surface area (Å²) in [6.45, 7) is 10.4. The Labute approximate surface area is 149 Å². The van der Waals surface area contributed by atoms with Crippen LogP contribution < -0.4 is 10.6 Å². The lowest BCUT2D eigenvalue weighted by molar-refractivity contribution is -0.128. The number of carbonyl (C=O) groups is 3. The minimum atomic E-state index is -2.76. The summed E-state index contributed by atoms with van der Waals surface area (Å²) in [7, 11) is -2.76. The van der Waals surface area contributed by atoms with E-state index in [0.29, 0.717) is 37.2 Å². The highest BCUT2D eigenvalue weighted by Crippen LogP contribution is 2.19. The van der Waals surface area contributed by atoms with Gasteiger partial charge in [-0.2, -0.15) is 4.90 Å². The molecule has 144 valence electrons. The van der Waals surface area contributed by atoms with Gasteiger partial charge in [0.05, 0.1) is 0 Å². The summed E-state index contributed by atoms with van der Waals surface area (Å²) >= 11 is 0. The predicted octanol–water partition coefficient (Wildman–Crippen LogP) is 1.46. The van der Waals surface area contributed by atoms with Crippen LogP contribution in [-0.4, -0.2) is 63.6 Å². The first kappa shape index (κ1) is 21.5. The zero-order valence-electron chi connectivity index (χ0n) is 15.6. The molecular weight excluding hydrogens is 346 g/mol. The van der Waals surface area contributed by atoms with E-state index in [2.05, 4.69) is 10.6 Å². The zero-order valence-corrected chi connectivity index (χ0v) is 16.6. The molecule has 1 heterocycles. The number of imide groups is 3. The molecule has 1 saturated heterocycles. The standard InChI is InChI=1S/C15H29N3O6Si/c1-6-22-25(23-7-2,24-8-3)11-9-10-16-13(20)18-12(19)15(4,5)17-14(18)21/h6-11H2,1-5H3,(H,16,20)(H,17,21). The molecule has 10 heteroatoms. The van der Waals surface area contributed by atoms with Gasteiger partial charge in [-0.15, -0.1) is 0 Å². The molecule has 0 bridgehead atoms. The first-order chi connectivity index (χ1) is 11.7. The Morgan fingerprint density at radius 1 is 1.12 bits per heavy atom. The second kappa shape index (κ2) is 9.27. The maximum Gasteiger partial charge on any atom is 0.500 e. The van der Waals surface area contributed by atoms with Gasteiger partial charge in [-0.05, 0) is 41.0 Å². The molecule has 0 aromatic rings. The Hall–Kier alpha value is -1.49. The average Bonchev–Trinajstić information content (AvgIpc) is 2.72. The van der Waals surface area contributed by atoms with Crippen molar-refractivity contribution in [1.82, 2.24) is 15.5 Å². The molecule has 0 aliphatic carbocycles. The molecule has 1 fully saturated rings. The van der Waals surface area contributed by atoms with Crippen molar-refractivity contribution >= 4 is 26.8 Å². The Bertz CT molecular complexity index is 483. The van der Waals surface area contributed by atoms with E-state index < -0.39 is 32.3 Å². The molecule has 1 aliphatic rings. The van der Waals surface area contributed by atoms with Crippen molar-refractivity contribution in [3.8, 4) is 0 Å². The monoisotopic (exact) mass is 375 g/mol. The molecule has 0 radical (unpaired) electrons. The summed E-state index contributed by atoms with van der Waals surface area (Å²) in [5.41, 5.74) is -1.07. The fourth-order valence-corrected chi connectivity index (χ4v) is 5.13. The van der Waals surface area contributed by atoms with Crippen LogP contribution >= 0.6 is 0 Å². The lowest BCUT2D eigenvalue weighted by atomic mass is 10.1. The number of nitrogens with zero attached hydrogens (tertiary/aromatic N) is 1. The lowest BCUT2D eigenvalue weighted by Gasteiger charge is -2.28. The smallest absolute Gasteiger partial charge is 0.374 e. The number of urea groups is 2. The number of rotatable bonds is 10. The van der Waals surface area contributed by atoms with Gasteiger partial charge in [-0.3, -0.25) is 4.79 Å². The van der Waals surface area contributed by atoms with E-state index in [-0.39, 0.29) is 6.54 Å². The quantitative estimate of drug-likeness (QED) is 0.340. The van der Waals surface area contributed by atoms with Crippen LogP contribution in [0.25, 0.3) is 0 Å². The first-order valence-electron chi connectivity index (χ1n) is 8.59. The van der Waals surface area contributed by atoms with Gasteiger partial charge < -0.3 is 23.9 Å². The number of carbonyl (C=O) groups excluding carboxylic acids is 3. The largest absolute Gasteiger partial charge is 0.500 e. The summed E-state index contributed by atoms with van der Waals surface area (Å²) in [5.74, 6) is -0.573. The van der Waals surface area contributed by atoms with Crippen LogP contribution in [0.1, 0.15) is 41.0 Å². The van der Waals surface area contributed by atoms with E-state index in [9.17, 15) is 14.4 Å². The predicted molar refractivity (Wildman–Crippen MR) is 92.9 cm³/mol. The average molecular weight is 375 g/mol. The minimum absolute atomic E-state index is 0.276. The van der Waals surface area contributed by atoms with Crippen molar-refractivity contribution in [1.29, 1.82) is 0 Å². The van der Waals surface area contributed by atoms with E-state index in [1.54, 1.807) is 13.8 Å². The van der Waals surface area contributed by atoms with Crippen LogP contribution in [0.3, 0.4) is 0 Å². The molecule has 0 aromatic carbocycles. The van der Waals surface area contributed by atoms with Crippen LogP contribution in [0.15, 0.2) is 0 Å². The third-order valence-electron chi connectivity index (χ3n) is 3.59. The molecule has 0 saturated carbocycles. The molecule has 2 N–H and O–H groups in total. The van der Waals surface area contributed by atoms with E-state index >= 15 is 0 Å². The highest BCUT2D eigenvalue weighted by atomic mass is 28.4. The molecule has 0 unspecified atom stereocenters. The van der Waals surface area contributed by atoms with Crippen LogP contribution in [0.2, 0.25) is 6.04 Å². The maximum atomic E-state index is 12.1. The van der Waals surface area contributed by atoms with Crippen LogP contribution in [0.4, 0.5) is 9.59 Å². The Balaban J connectivity index is 2.54. The third-order valence-corrected chi connectivity index (χ3v) is 6.74. The van der Waals surface area contributed by atoms with Gasteiger partial charge in [0.25, 0.3) is 5.91 Å². The first-order valence-corrected chi connectivity index (χ1v) is 10.5. The van der Waals surface area contributed by atoms with Gasteiger partial charge in [0.2, 0.25) is 0 Å². The van der Waals surface area contributed by atoms with Gasteiger partial charge in [0.15, 0.2) is 0 Å². The number of hydrogen-bond donors (Lipinski definition) is 2. The van der Waals surface area contributed by atoms with Crippen molar-refractivity contribution in [2.24, 2.45) is 0 Å². The normalized spacial score (nSPS) is 16.9. The van der Waals surface area contributed by atoms with Crippen molar-refractivity contribution in [2.75, 3.05) is 26.4 Å². The van der Waals surface area contributed by atoms with E-state index in [1.165, 1.54) is 0 Å². The Kier molecular flexibility index (Phi) is 7.99. The van der Waals surface area contributed by atoms with Crippen molar-refractivity contribution in [2.45, 2.75) is 52.6 Å². The molecule has 9 nitrogen and oxygen atoms in total. The highest BCUT2D eigenvalue weighted by molar-refractivity contribution is 6.60.